The molecule has 0 saturated carbocycles. The highest BCUT2D eigenvalue weighted by atomic mass is 32.2. The van der Waals surface area contributed by atoms with Crippen molar-refractivity contribution in [2.45, 2.75) is 23.9 Å². The second-order valence-corrected chi connectivity index (χ2v) is 6.48. The number of hydrogen-bond donors (Lipinski definition) is 0. The van der Waals surface area contributed by atoms with Crippen molar-refractivity contribution in [3.8, 4) is 0 Å². The molecule has 1 atom stereocenters. The summed E-state index contributed by atoms with van der Waals surface area (Å²) in [4.78, 5) is 15.8. The summed E-state index contributed by atoms with van der Waals surface area (Å²) in [5.41, 5.74) is 1.80. The summed E-state index contributed by atoms with van der Waals surface area (Å²) in [7, 11) is 0. The Hall–Kier alpha value is -2.08. The van der Waals surface area contributed by atoms with Crippen LogP contribution in [0.5, 0.6) is 0 Å². The van der Waals surface area contributed by atoms with Gasteiger partial charge in [0.25, 0.3) is 0 Å². The zero-order chi connectivity index (χ0) is 15.6. The molecule has 6 heteroatoms. The summed E-state index contributed by atoms with van der Waals surface area (Å²) >= 11 is 1.57. The quantitative estimate of drug-likeness (QED) is 0.540. The number of benzene rings is 1. The van der Waals surface area contributed by atoms with Gasteiger partial charge in [-0.3, -0.25) is 0 Å². The molecule has 0 aliphatic carbocycles. The van der Waals surface area contributed by atoms with Crippen molar-refractivity contribution in [1.29, 1.82) is 0 Å². The van der Waals surface area contributed by atoms with Crippen LogP contribution in [-0.4, -0.2) is 34.3 Å². The van der Waals surface area contributed by atoms with Gasteiger partial charge in [-0.1, -0.05) is 23.9 Å². The molecule has 0 spiro atoms. The largest absolute Gasteiger partial charge is 0.440 e. The Morgan fingerprint density at radius 2 is 2.13 bits per heavy atom. The standard InChI is InChI=1S/C17H18N4OS/c1-23-17-18-9-8-15(20-17)21-10-4-5-12(11-21)16-19-13-6-2-3-7-14(13)22-16/h2-3,6-9,12H,4-5,10-11H2,1H3. The maximum atomic E-state index is 5.96. The van der Waals surface area contributed by atoms with Gasteiger partial charge in [-0.2, -0.15) is 0 Å². The van der Waals surface area contributed by atoms with Crippen LogP contribution >= 0.6 is 11.8 Å². The minimum Gasteiger partial charge on any atom is -0.440 e. The summed E-state index contributed by atoms with van der Waals surface area (Å²) in [5, 5.41) is 0.812. The number of aromatic nitrogens is 3. The third kappa shape index (κ3) is 2.91. The van der Waals surface area contributed by atoms with E-state index in [0.717, 1.165) is 53.9 Å². The first-order chi connectivity index (χ1) is 11.3. The maximum Gasteiger partial charge on any atom is 0.200 e. The fourth-order valence-corrected chi connectivity index (χ4v) is 3.41. The van der Waals surface area contributed by atoms with Crippen LogP contribution in [0.25, 0.3) is 11.1 Å². The van der Waals surface area contributed by atoms with Crippen LogP contribution in [0.15, 0.2) is 46.1 Å². The van der Waals surface area contributed by atoms with Crippen LogP contribution in [0.4, 0.5) is 5.82 Å². The highest BCUT2D eigenvalue weighted by Gasteiger charge is 2.26. The Balaban J connectivity index is 1.58. The highest BCUT2D eigenvalue weighted by molar-refractivity contribution is 7.98. The Labute approximate surface area is 139 Å². The minimum absolute atomic E-state index is 0.309. The number of rotatable bonds is 3. The van der Waals surface area contributed by atoms with Crippen molar-refractivity contribution >= 4 is 28.7 Å². The smallest absolute Gasteiger partial charge is 0.200 e. The lowest BCUT2D eigenvalue weighted by Crippen LogP contribution is -2.35. The van der Waals surface area contributed by atoms with E-state index in [0.29, 0.717) is 5.92 Å². The lowest BCUT2D eigenvalue weighted by Gasteiger charge is -2.32. The average molecular weight is 326 g/mol. The molecule has 1 unspecified atom stereocenters. The van der Waals surface area contributed by atoms with Crippen LogP contribution in [0.1, 0.15) is 24.7 Å². The van der Waals surface area contributed by atoms with Crippen LogP contribution in [0.3, 0.4) is 0 Å². The molecule has 0 bridgehead atoms. The molecule has 1 aromatic carbocycles. The van der Waals surface area contributed by atoms with Gasteiger partial charge in [-0.15, -0.1) is 0 Å². The van der Waals surface area contributed by atoms with Gasteiger partial charge in [0.2, 0.25) is 0 Å². The van der Waals surface area contributed by atoms with Crippen LogP contribution in [-0.2, 0) is 0 Å². The second-order valence-electron chi connectivity index (χ2n) is 5.71. The number of fused-ring (bicyclic) bond motifs is 1. The predicted octanol–water partition coefficient (Wildman–Crippen LogP) is 3.72. The molecule has 3 aromatic rings. The molecule has 4 rings (SSSR count). The first-order valence-electron chi connectivity index (χ1n) is 7.81. The minimum atomic E-state index is 0.309. The number of para-hydroxylation sites is 2. The van der Waals surface area contributed by atoms with Gasteiger partial charge in [0.05, 0.1) is 5.92 Å². The molecule has 1 aliphatic rings. The summed E-state index contributed by atoms with van der Waals surface area (Å²) in [6.07, 6.45) is 6.04. The first kappa shape index (κ1) is 14.5. The monoisotopic (exact) mass is 326 g/mol. The van der Waals surface area contributed by atoms with Crippen LogP contribution < -0.4 is 4.90 Å². The van der Waals surface area contributed by atoms with Crippen molar-refractivity contribution in [3.63, 3.8) is 0 Å². The van der Waals surface area contributed by atoms with Crippen molar-refractivity contribution < 1.29 is 4.42 Å². The van der Waals surface area contributed by atoms with Gasteiger partial charge in [-0.05, 0) is 37.3 Å². The van der Waals surface area contributed by atoms with Crippen molar-refractivity contribution in [2.24, 2.45) is 0 Å². The molecule has 1 aliphatic heterocycles. The molecule has 1 fully saturated rings. The van der Waals surface area contributed by atoms with E-state index < -0.39 is 0 Å². The number of thioether (sulfide) groups is 1. The zero-order valence-corrected chi connectivity index (χ0v) is 13.8. The van der Waals surface area contributed by atoms with Crippen molar-refractivity contribution in [1.82, 2.24) is 15.0 Å². The SMILES string of the molecule is CSc1nccc(N2CCCC(c3nc4ccccc4o3)C2)n1. The van der Waals surface area contributed by atoms with E-state index in [1.807, 2.05) is 42.8 Å². The summed E-state index contributed by atoms with van der Waals surface area (Å²) in [5.74, 6) is 2.14. The molecule has 0 amide bonds. The van der Waals surface area contributed by atoms with Crippen LogP contribution in [0, 0.1) is 0 Å². The number of oxazole rings is 1. The average Bonchev–Trinajstić information content (AvgIpc) is 3.06. The Morgan fingerprint density at radius 3 is 3.00 bits per heavy atom. The Kier molecular flexibility index (Phi) is 3.91. The fraction of sp³-hybridized carbons (Fsp3) is 0.353. The van der Waals surface area contributed by atoms with E-state index in [1.54, 1.807) is 11.8 Å². The topological polar surface area (TPSA) is 55.1 Å². The molecule has 5 nitrogen and oxygen atoms in total. The maximum absolute atomic E-state index is 5.96. The van der Waals surface area contributed by atoms with Gasteiger partial charge in [0.1, 0.15) is 11.3 Å². The Morgan fingerprint density at radius 1 is 1.22 bits per heavy atom. The number of piperidine rings is 1. The Bertz CT molecular complexity index is 786. The second kappa shape index (κ2) is 6.20. The van der Waals surface area contributed by atoms with Gasteiger partial charge in [0.15, 0.2) is 16.6 Å². The van der Waals surface area contributed by atoms with Crippen LogP contribution in [0.2, 0.25) is 0 Å². The van der Waals surface area contributed by atoms with Crippen molar-refractivity contribution in [3.05, 3.63) is 42.4 Å². The summed E-state index contributed by atoms with van der Waals surface area (Å²) in [6.45, 7) is 1.90. The lowest BCUT2D eigenvalue weighted by molar-refractivity contribution is 0.412. The molecule has 0 radical (unpaired) electrons. The first-order valence-corrected chi connectivity index (χ1v) is 9.03. The lowest BCUT2D eigenvalue weighted by atomic mass is 9.98. The molecule has 3 heterocycles. The van der Waals surface area contributed by atoms with Gasteiger partial charge in [-0.25, -0.2) is 15.0 Å². The van der Waals surface area contributed by atoms with E-state index >= 15 is 0 Å². The molecular formula is C17H18N4OS. The van der Waals surface area contributed by atoms with E-state index in [2.05, 4.69) is 19.9 Å². The number of hydrogen-bond acceptors (Lipinski definition) is 6. The van der Waals surface area contributed by atoms with Gasteiger partial charge >= 0.3 is 0 Å². The third-order valence-corrected chi connectivity index (χ3v) is 4.77. The number of nitrogens with zero attached hydrogens (tertiary/aromatic N) is 4. The third-order valence-electron chi connectivity index (χ3n) is 4.21. The zero-order valence-electron chi connectivity index (χ0n) is 13.0. The van der Waals surface area contributed by atoms with E-state index in [9.17, 15) is 0 Å². The molecule has 118 valence electrons. The van der Waals surface area contributed by atoms with Gasteiger partial charge in [0, 0.05) is 19.3 Å². The predicted molar refractivity (Wildman–Crippen MR) is 92.0 cm³/mol. The highest BCUT2D eigenvalue weighted by Crippen LogP contribution is 2.31. The molecular weight excluding hydrogens is 308 g/mol. The molecule has 1 saturated heterocycles. The van der Waals surface area contributed by atoms with E-state index in [4.69, 9.17) is 4.42 Å². The van der Waals surface area contributed by atoms with Gasteiger partial charge < -0.3 is 9.32 Å². The van der Waals surface area contributed by atoms with E-state index in [-0.39, 0.29) is 0 Å². The molecule has 2 aromatic heterocycles. The van der Waals surface area contributed by atoms with E-state index in [1.165, 1.54) is 0 Å². The van der Waals surface area contributed by atoms with Crippen molar-refractivity contribution in [2.75, 3.05) is 24.2 Å². The molecule has 23 heavy (non-hydrogen) atoms. The normalized spacial score (nSPS) is 18.5. The summed E-state index contributed by atoms with van der Waals surface area (Å²) < 4.78 is 5.96. The fourth-order valence-electron chi connectivity index (χ4n) is 3.06. The number of anilines is 1. The molecule has 0 N–H and O–H groups in total. The summed E-state index contributed by atoms with van der Waals surface area (Å²) in [6, 6.07) is 9.93.